The van der Waals surface area contributed by atoms with Crippen molar-refractivity contribution in [1.82, 2.24) is 9.62 Å². The molecule has 0 unspecified atom stereocenters. The number of hydrogen-bond donors (Lipinski definition) is 1. The maximum Gasteiger partial charge on any atom is 0.244 e. The van der Waals surface area contributed by atoms with Gasteiger partial charge in [0.1, 0.15) is 9.84 Å². The summed E-state index contributed by atoms with van der Waals surface area (Å²) >= 11 is 1.36. The molecule has 110 valence electrons. The monoisotopic (exact) mass is 326 g/mol. The van der Waals surface area contributed by atoms with E-state index in [0.29, 0.717) is 11.4 Å². The quantitative estimate of drug-likeness (QED) is 0.770. The molecule has 1 N–H and O–H groups in total. The lowest BCUT2D eigenvalue weighted by molar-refractivity contribution is 0.484. The van der Waals surface area contributed by atoms with E-state index in [-0.39, 0.29) is 17.2 Å². The molecule has 1 rings (SSSR count). The van der Waals surface area contributed by atoms with Gasteiger partial charge in [-0.15, -0.1) is 11.3 Å². The SMILES string of the molecule is CNCc1sccc1S(=O)(=O)N(C)CCS(C)(=O)=O. The number of thiophene rings is 1. The lowest BCUT2D eigenvalue weighted by Crippen LogP contribution is -2.32. The van der Waals surface area contributed by atoms with E-state index < -0.39 is 19.9 Å². The average Bonchev–Trinajstić information content (AvgIpc) is 2.74. The molecule has 0 radical (unpaired) electrons. The molecular formula is C10H18N2O4S3. The van der Waals surface area contributed by atoms with Gasteiger partial charge in [0.2, 0.25) is 10.0 Å². The van der Waals surface area contributed by atoms with Crippen LogP contribution in [0.4, 0.5) is 0 Å². The van der Waals surface area contributed by atoms with Crippen molar-refractivity contribution in [3.8, 4) is 0 Å². The van der Waals surface area contributed by atoms with Crippen molar-refractivity contribution in [3.05, 3.63) is 16.3 Å². The van der Waals surface area contributed by atoms with Crippen molar-refractivity contribution in [1.29, 1.82) is 0 Å². The highest BCUT2D eigenvalue weighted by Crippen LogP contribution is 2.24. The average molecular weight is 326 g/mol. The van der Waals surface area contributed by atoms with Gasteiger partial charge in [-0.05, 0) is 18.5 Å². The number of nitrogens with one attached hydrogen (secondary N) is 1. The Labute approximate surface area is 118 Å². The third kappa shape index (κ3) is 4.53. The first-order valence-corrected chi connectivity index (χ1v) is 9.91. The summed E-state index contributed by atoms with van der Waals surface area (Å²) in [6, 6.07) is 1.55. The highest BCUT2D eigenvalue weighted by atomic mass is 32.2. The summed E-state index contributed by atoms with van der Waals surface area (Å²) in [5.41, 5.74) is 0. The van der Waals surface area contributed by atoms with Gasteiger partial charge in [-0.2, -0.15) is 4.31 Å². The number of hydrogen-bond acceptors (Lipinski definition) is 6. The topological polar surface area (TPSA) is 83.6 Å². The van der Waals surface area contributed by atoms with E-state index in [9.17, 15) is 16.8 Å². The fraction of sp³-hybridized carbons (Fsp3) is 0.600. The second-order valence-corrected chi connectivity index (χ2v) is 9.47. The Hall–Kier alpha value is -0.480. The van der Waals surface area contributed by atoms with Crippen molar-refractivity contribution in [2.75, 3.05) is 32.6 Å². The molecule has 19 heavy (non-hydrogen) atoms. The molecule has 0 amide bonds. The highest BCUT2D eigenvalue weighted by molar-refractivity contribution is 7.91. The molecule has 0 atom stereocenters. The van der Waals surface area contributed by atoms with E-state index in [4.69, 9.17) is 0 Å². The molecular weight excluding hydrogens is 308 g/mol. The van der Waals surface area contributed by atoms with Crippen LogP contribution in [0.1, 0.15) is 4.88 Å². The van der Waals surface area contributed by atoms with Gasteiger partial charge in [0, 0.05) is 31.3 Å². The summed E-state index contributed by atoms with van der Waals surface area (Å²) < 4.78 is 47.9. The standard InChI is InChI=1S/C10H18N2O4S3/c1-11-8-9-10(4-6-17-9)19(15,16)12(2)5-7-18(3,13)14/h4,6,11H,5,7-8H2,1-3H3. The predicted molar refractivity (Wildman–Crippen MR) is 76.6 cm³/mol. The molecule has 1 aromatic rings. The predicted octanol–water partition coefficient (Wildman–Crippen LogP) is 0.133. The lowest BCUT2D eigenvalue weighted by atomic mass is 10.5. The van der Waals surface area contributed by atoms with Crippen LogP contribution in [0.3, 0.4) is 0 Å². The zero-order chi connectivity index (χ0) is 14.7. The van der Waals surface area contributed by atoms with Crippen LogP contribution < -0.4 is 5.32 Å². The van der Waals surface area contributed by atoms with Crippen LogP contribution in [0.15, 0.2) is 16.3 Å². The maximum absolute atomic E-state index is 12.3. The lowest BCUT2D eigenvalue weighted by Gasteiger charge is -2.16. The maximum atomic E-state index is 12.3. The third-order valence-corrected chi connectivity index (χ3v) is 6.42. The van der Waals surface area contributed by atoms with Crippen molar-refractivity contribution in [2.24, 2.45) is 0 Å². The highest BCUT2D eigenvalue weighted by Gasteiger charge is 2.25. The Morgan fingerprint density at radius 1 is 1.32 bits per heavy atom. The number of rotatable bonds is 7. The summed E-state index contributed by atoms with van der Waals surface area (Å²) in [6.07, 6.45) is 1.09. The minimum atomic E-state index is -3.63. The van der Waals surface area contributed by atoms with Crippen LogP contribution in [-0.4, -0.2) is 53.8 Å². The molecule has 0 saturated heterocycles. The molecule has 0 aliphatic rings. The van der Waals surface area contributed by atoms with Gasteiger partial charge in [-0.3, -0.25) is 0 Å². The number of sulfonamides is 1. The van der Waals surface area contributed by atoms with Crippen LogP contribution in [0.25, 0.3) is 0 Å². The van der Waals surface area contributed by atoms with Crippen molar-refractivity contribution in [3.63, 3.8) is 0 Å². The summed E-state index contributed by atoms with van der Waals surface area (Å²) in [5.74, 6) is -0.186. The van der Waals surface area contributed by atoms with Gasteiger partial charge in [0.15, 0.2) is 0 Å². The molecule has 0 bridgehead atoms. The van der Waals surface area contributed by atoms with Crippen LogP contribution in [0.5, 0.6) is 0 Å². The molecule has 0 fully saturated rings. The summed E-state index contributed by atoms with van der Waals surface area (Å²) in [4.78, 5) is 0.955. The van der Waals surface area contributed by atoms with Gasteiger partial charge in [0.25, 0.3) is 0 Å². The fourth-order valence-corrected chi connectivity index (χ4v) is 4.75. The molecule has 0 aliphatic carbocycles. The van der Waals surface area contributed by atoms with Crippen LogP contribution in [0.2, 0.25) is 0 Å². The normalized spacial score (nSPS) is 13.1. The van der Waals surface area contributed by atoms with Crippen LogP contribution >= 0.6 is 11.3 Å². The summed E-state index contributed by atoms with van der Waals surface area (Å²) in [7, 11) is -3.69. The Balaban J connectivity index is 2.93. The summed E-state index contributed by atoms with van der Waals surface area (Å²) in [5, 5.41) is 4.62. The van der Waals surface area contributed by atoms with Crippen LogP contribution in [0, 0.1) is 0 Å². The minimum absolute atomic E-state index is 0.0456. The first-order valence-electron chi connectivity index (χ1n) is 5.53. The first kappa shape index (κ1) is 16.6. The number of sulfone groups is 1. The van der Waals surface area contributed by atoms with Crippen molar-refractivity contribution < 1.29 is 16.8 Å². The Kier molecular flexibility index (Phi) is 5.51. The molecule has 0 aromatic carbocycles. The smallest absolute Gasteiger partial charge is 0.244 e. The van der Waals surface area contributed by atoms with Gasteiger partial charge in [-0.25, -0.2) is 16.8 Å². The molecule has 0 spiro atoms. The van der Waals surface area contributed by atoms with E-state index in [2.05, 4.69) is 5.32 Å². The van der Waals surface area contributed by atoms with Crippen molar-refractivity contribution in [2.45, 2.75) is 11.4 Å². The van der Waals surface area contributed by atoms with Gasteiger partial charge in [-0.1, -0.05) is 0 Å². The molecule has 0 saturated carbocycles. The Morgan fingerprint density at radius 3 is 2.47 bits per heavy atom. The second kappa shape index (κ2) is 6.31. The van der Waals surface area contributed by atoms with E-state index in [0.717, 1.165) is 10.6 Å². The third-order valence-electron chi connectivity index (χ3n) is 2.51. The summed E-state index contributed by atoms with van der Waals surface area (Å²) in [6.45, 7) is 0.419. The van der Waals surface area contributed by atoms with Gasteiger partial charge in [0.05, 0.1) is 10.6 Å². The zero-order valence-corrected chi connectivity index (χ0v) is 13.5. The molecule has 1 aromatic heterocycles. The number of nitrogens with zero attached hydrogens (tertiary/aromatic N) is 1. The van der Waals surface area contributed by atoms with E-state index in [1.165, 1.54) is 18.4 Å². The largest absolute Gasteiger partial charge is 0.315 e. The first-order chi connectivity index (χ1) is 8.68. The van der Waals surface area contributed by atoms with E-state index in [1.807, 2.05) is 0 Å². The van der Waals surface area contributed by atoms with Crippen LogP contribution in [-0.2, 0) is 26.4 Å². The van der Waals surface area contributed by atoms with Crippen molar-refractivity contribution >= 4 is 31.2 Å². The van der Waals surface area contributed by atoms with E-state index in [1.54, 1.807) is 18.5 Å². The molecule has 1 heterocycles. The fourth-order valence-electron chi connectivity index (χ4n) is 1.43. The Bertz CT molecular complexity index is 619. The zero-order valence-electron chi connectivity index (χ0n) is 11.1. The second-order valence-electron chi connectivity index (χ2n) is 4.19. The van der Waals surface area contributed by atoms with Gasteiger partial charge < -0.3 is 5.32 Å². The Morgan fingerprint density at radius 2 is 1.95 bits per heavy atom. The van der Waals surface area contributed by atoms with E-state index >= 15 is 0 Å². The molecule has 6 nitrogen and oxygen atoms in total. The van der Waals surface area contributed by atoms with Gasteiger partial charge >= 0.3 is 0 Å². The molecule has 0 aliphatic heterocycles. The minimum Gasteiger partial charge on any atom is -0.315 e. The molecule has 9 heteroatoms.